The maximum Gasteiger partial charge on any atom is 0.336 e. The number of aryl methyl sites for hydroxylation is 1. The van der Waals surface area contributed by atoms with Gasteiger partial charge < -0.3 is 9.15 Å². The first-order valence-electron chi connectivity index (χ1n) is 8.39. The van der Waals surface area contributed by atoms with Gasteiger partial charge in [-0.25, -0.2) is 17.5 Å². The van der Waals surface area contributed by atoms with Crippen molar-refractivity contribution in [1.29, 1.82) is 0 Å². The van der Waals surface area contributed by atoms with Gasteiger partial charge >= 0.3 is 11.6 Å². The quantitative estimate of drug-likeness (QED) is 0.594. The number of sulfonamides is 1. The largest absolute Gasteiger partial charge is 0.461 e. The van der Waals surface area contributed by atoms with Crippen molar-refractivity contribution in [2.45, 2.75) is 26.4 Å². The van der Waals surface area contributed by atoms with Gasteiger partial charge in [-0.1, -0.05) is 12.1 Å². The summed E-state index contributed by atoms with van der Waals surface area (Å²) in [4.78, 5) is 24.0. The highest BCUT2D eigenvalue weighted by molar-refractivity contribution is 7.88. The highest BCUT2D eigenvalue weighted by atomic mass is 32.2. The summed E-state index contributed by atoms with van der Waals surface area (Å²) >= 11 is 0. The van der Waals surface area contributed by atoms with Crippen LogP contribution in [-0.2, 0) is 26.2 Å². The first-order valence-corrected chi connectivity index (χ1v) is 10.2. The zero-order valence-corrected chi connectivity index (χ0v) is 15.5. The van der Waals surface area contributed by atoms with E-state index in [1.807, 2.05) is 19.1 Å². The van der Waals surface area contributed by atoms with Crippen LogP contribution in [0.1, 0.15) is 24.0 Å². The third-order valence-electron chi connectivity index (χ3n) is 4.61. The number of rotatable bonds is 4. The lowest BCUT2D eigenvalue weighted by Crippen LogP contribution is -2.40. The Hall–Kier alpha value is -2.19. The molecule has 0 saturated carbocycles. The van der Waals surface area contributed by atoms with Crippen molar-refractivity contribution in [2.75, 3.05) is 19.3 Å². The van der Waals surface area contributed by atoms with Crippen LogP contribution < -0.4 is 5.63 Å². The lowest BCUT2D eigenvalue weighted by molar-refractivity contribution is -0.151. The average Bonchev–Trinajstić information content (AvgIpc) is 2.58. The van der Waals surface area contributed by atoms with E-state index in [-0.39, 0.29) is 18.5 Å². The molecule has 0 radical (unpaired) electrons. The third-order valence-corrected chi connectivity index (χ3v) is 5.92. The third kappa shape index (κ3) is 4.13. The van der Waals surface area contributed by atoms with Crippen LogP contribution in [0.25, 0.3) is 11.0 Å². The molecule has 0 amide bonds. The van der Waals surface area contributed by atoms with Crippen molar-refractivity contribution in [3.05, 3.63) is 45.8 Å². The van der Waals surface area contributed by atoms with Crippen molar-refractivity contribution < 1.29 is 22.4 Å². The number of piperidine rings is 1. The van der Waals surface area contributed by atoms with Gasteiger partial charge in [0, 0.05) is 30.1 Å². The summed E-state index contributed by atoms with van der Waals surface area (Å²) in [5, 5.41) is 0.731. The number of ether oxygens (including phenoxy) is 1. The summed E-state index contributed by atoms with van der Waals surface area (Å²) in [7, 11) is -3.23. The number of hydrogen-bond donors (Lipinski definition) is 0. The molecule has 0 spiro atoms. The summed E-state index contributed by atoms with van der Waals surface area (Å²) in [5.74, 6) is -0.701. The topological polar surface area (TPSA) is 93.9 Å². The Balaban J connectivity index is 1.67. The molecular formula is C18H21NO6S. The fraction of sp³-hybridized carbons (Fsp3) is 0.444. The molecule has 0 aliphatic carbocycles. The molecule has 1 fully saturated rings. The van der Waals surface area contributed by atoms with E-state index in [9.17, 15) is 18.0 Å². The van der Waals surface area contributed by atoms with Gasteiger partial charge in [0.1, 0.15) is 12.2 Å². The van der Waals surface area contributed by atoms with Gasteiger partial charge in [0.15, 0.2) is 0 Å². The molecule has 1 aliphatic heterocycles. The fourth-order valence-corrected chi connectivity index (χ4v) is 4.02. The van der Waals surface area contributed by atoms with Crippen LogP contribution in [0, 0.1) is 12.8 Å². The number of fused-ring (bicyclic) bond motifs is 1. The van der Waals surface area contributed by atoms with Gasteiger partial charge in [0.25, 0.3) is 0 Å². The second kappa shape index (κ2) is 7.20. The number of benzene rings is 1. The standard InChI is InChI=1S/C18H21NO6S/c1-12-3-4-15-14(10-17(20)25-16(15)9-12)11-24-18(21)13-5-7-19(8-6-13)26(2,22)23/h3-4,9-10,13H,5-8,11H2,1-2H3. The summed E-state index contributed by atoms with van der Waals surface area (Å²) in [6.45, 7) is 2.51. The molecule has 1 aliphatic rings. The van der Waals surface area contributed by atoms with E-state index in [4.69, 9.17) is 9.15 Å². The van der Waals surface area contributed by atoms with E-state index in [0.717, 1.165) is 10.9 Å². The minimum atomic E-state index is -3.23. The number of esters is 1. The zero-order valence-electron chi connectivity index (χ0n) is 14.7. The van der Waals surface area contributed by atoms with Crippen LogP contribution in [0.4, 0.5) is 0 Å². The number of nitrogens with zero attached hydrogens (tertiary/aromatic N) is 1. The van der Waals surface area contributed by atoms with Crippen molar-refractivity contribution >= 4 is 27.0 Å². The van der Waals surface area contributed by atoms with Crippen molar-refractivity contribution in [2.24, 2.45) is 5.92 Å². The van der Waals surface area contributed by atoms with Crippen LogP contribution in [0.5, 0.6) is 0 Å². The first-order chi connectivity index (χ1) is 12.2. The van der Waals surface area contributed by atoms with Gasteiger partial charge in [0.05, 0.1) is 12.2 Å². The molecular weight excluding hydrogens is 358 g/mol. The second-order valence-electron chi connectivity index (χ2n) is 6.63. The molecule has 8 heteroatoms. The van der Waals surface area contributed by atoms with Gasteiger partial charge in [0.2, 0.25) is 10.0 Å². The molecule has 0 atom stereocenters. The molecule has 1 saturated heterocycles. The molecule has 2 aromatic rings. The zero-order chi connectivity index (χ0) is 18.9. The van der Waals surface area contributed by atoms with E-state index in [2.05, 4.69) is 0 Å². The molecule has 0 bridgehead atoms. The minimum Gasteiger partial charge on any atom is -0.461 e. The molecule has 140 valence electrons. The highest BCUT2D eigenvalue weighted by Crippen LogP contribution is 2.23. The molecule has 26 heavy (non-hydrogen) atoms. The van der Waals surface area contributed by atoms with Crippen LogP contribution in [0.15, 0.2) is 33.5 Å². The molecule has 1 aromatic heterocycles. The molecule has 1 aromatic carbocycles. The Morgan fingerprint density at radius 1 is 1.27 bits per heavy atom. The molecule has 3 rings (SSSR count). The predicted molar refractivity (Wildman–Crippen MR) is 96.2 cm³/mol. The Morgan fingerprint density at radius 3 is 2.62 bits per heavy atom. The smallest absolute Gasteiger partial charge is 0.336 e. The maximum atomic E-state index is 12.3. The van der Waals surface area contributed by atoms with Gasteiger partial charge in [-0.15, -0.1) is 0 Å². The Labute approximate surface area is 151 Å². The minimum absolute atomic E-state index is 0.0176. The first kappa shape index (κ1) is 18.6. The lowest BCUT2D eigenvalue weighted by Gasteiger charge is -2.28. The number of carbonyl (C=O) groups excluding carboxylic acids is 1. The van der Waals surface area contributed by atoms with Crippen LogP contribution in [0.3, 0.4) is 0 Å². The van der Waals surface area contributed by atoms with E-state index in [1.165, 1.54) is 16.6 Å². The van der Waals surface area contributed by atoms with Crippen molar-refractivity contribution in [1.82, 2.24) is 4.31 Å². The molecule has 2 heterocycles. The monoisotopic (exact) mass is 379 g/mol. The van der Waals surface area contributed by atoms with Crippen LogP contribution >= 0.6 is 0 Å². The van der Waals surface area contributed by atoms with E-state index in [0.29, 0.717) is 37.1 Å². The number of hydrogen-bond acceptors (Lipinski definition) is 6. The molecule has 0 unspecified atom stereocenters. The Bertz CT molecular complexity index is 986. The van der Waals surface area contributed by atoms with Gasteiger partial charge in [-0.05, 0) is 31.4 Å². The molecule has 0 N–H and O–H groups in total. The highest BCUT2D eigenvalue weighted by Gasteiger charge is 2.29. The second-order valence-corrected chi connectivity index (χ2v) is 8.62. The fourth-order valence-electron chi connectivity index (χ4n) is 3.15. The summed E-state index contributed by atoms with van der Waals surface area (Å²) in [5.41, 5.74) is 1.53. The van der Waals surface area contributed by atoms with E-state index < -0.39 is 15.6 Å². The number of carbonyl (C=O) groups is 1. The summed E-state index contributed by atoms with van der Waals surface area (Å²) < 4.78 is 35.0. The van der Waals surface area contributed by atoms with Crippen molar-refractivity contribution in [3.8, 4) is 0 Å². The van der Waals surface area contributed by atoms with Crippen LogP contribution in [0.2, 0.25) is 0 Å². The normalized spacial score (nSPS) is 16.7. The van der Waals surface area contributed by atoms with E-state index in [1.54, 1.807) is 6.07 Å². The predicted octanol–water partition coefficient (Wildman–Crippen LogP) is 1.82. The summed E-state index contributed by atoms with van der Waals surface area (Å²) in [6.07, 6.45) is 2.03. The maximum absolute atomic E-state index is 12.3. The average molecular weight is 379 g/mol. The van der Waals surface area contributed by atoms with Gasteiger partial charge in [-0.3, -0.25) is 4.79 Å². The molecule has 7 nitrogen and oxygen atoms in total. The van der Waals surface area contributed by atoms with E-state index >= 15 is 0 Å². The SMILES string of the molecule is Cc1ccc2c(COC(=O)C3CCN(S(C)(=O)=O)CC3)cc(=O)oc2c1. The Kier molecular flexibility index (Phi) is 5.15. The lowest BCUT2D eigenvalue weighted by atomic mass is 9.98. The van der Waals surface area contributed by atoms with Crippen LogP contribution in [-0.4, -0.2) is 38.0 Å². The summed E-state index contributed by atoms with van der Waals surface area (Å²) in [6, 6.07) is 6.83. The van der Waals surface area contributed by atoms with Gasteiger partial charge in [-0.2, -0.15) is 0 Å². The Morgan fingerprint density at radius 2 is 1.96 bits per heavy atom. The van der Waals surface area contributed by atoms with Crippen molar-refractivity contribution in [3.63, 3.8) is 0 Å².